The number of carbonyl (C=O) groups excluding carboxylic acids is 1. The minimum atomic E-state index is 0.176. The molecule has 21 heavy (non-hydrogen) atoms. The third-order valence-electron chi connectivity index (χ3n) is 4.77. The summed E-state index contributed by atoms with van der Waals surface area (Å²) in [6, 6.07) is 2.46. The van der Waals surface area contributed by atoms with E-state index in [1.807, 2.05) is 11.1 Å². The van der Waals surface area contributed by atoms with Crippen LogP contribution in [0.5, 0.6) is 0 Å². The molecule has 0 aromatic carbocycles. The molecule has 0 N–H and O–H groups in total. The molecule has 3 heterocycles. The van der Waals surface area contributed by atoms with Crippen molar-refractivity contribution in [3.05, 3.63) is 23.4 Å². The summed E-state index contributed by atoms with van der Waals surface area (Å²) in [4.78, 5) is 20.8. The largest absolute Gasteiger partial charge is 0.356 e. The highest BCUT2D eigenvalue weighted by Gasteiger charge is 2.28. The van der Waals surface area contributed by atoms with E-state index < -0.39 is 0 Å². The minimum Gasteiger partial charge on any atom is -0.356 e. The van der Waals surface area contributed by atoms with Gasteiger partial charge in [-0.05, 0) is 56.2 Å². The fraction of sp³-hybridized carbons (Fsp3) is 0.647. The van der Waals surface area contributed by atoms with Crippen molar-refractivity contribution in [3.63, 3.8) is 0 Å². The number of rotatable bonds is 2. The first-order valence-corrected chi connectivity index (χ1v) is 8.15. The fourth-order valence-corrected chi connectivity index (χ4v) is 3.70. The van der Waals surface area contributed by atoms with E-state index in [1.165, 1.54) is 30.4 Å². The number of amides is 1. The maximum Gasteiger partial charge on any atom is 0.219 e. The van der Waals surface area contributed by atoms with E-state index in [1.54, 1.807) is 6.92 Å². The van der Waals surface area contributed by atoms with Crippen molar-refractivity contribution >= 4 is 11.7 Å². The highest BCUT2D eigenvalue weighted by atomic mass is 16.2. The lowest BCUT2D eigenvalue weighted by Crippen LogP contribution is -2.31. The summed E-state index contributed by atoms with van der Waals surface area (Å²) in [5, 5.41) is 0. The van der Waals surface area contributed by atoms with E-state index >= 15 is 0 Å². The van der Waals surface area contributed by atoms with Gasteiger partial charge in [0.25, 0.3) is 0 Å². The van der Waals surface area contributed by atoms with Crippen LogP contribution in [-0.4, -0.2) is 35.4 Å². The van der Waals surface area contributed by atoms with E-state index in [-0.39, 0.29) is 11.9 Å². The highest BCUT2D eigenvalue weighted by molar-refractivity contribution is 5.74. The van der Waals surface area contributed by atoms with Gasteiger partial charge in [-0.1, -0.05) is 0 Å². The molecule has 2 fully saturated rings. The van der Waals surface area contributed by atoms with Gasteiger partial charge < -0.3 is 9.80 Å². The van der Waals surface area contributed by atoms with E-state index in [0.717, 1.165) is 38.3 Å². The lowest BCUT2D eigenvalue weighted by Gasteiger charge is -2.30. The second-order valence-electron chi connectivity index (χ2n) is 6.33. The Labute approximate surface area is 127 Å². The number of carbonyl (C=O) groups is 1. The van der Waals surface area contributed by atoms with Crippen molar-refractivity contribution in [3.8, 4) is 0 Å². The van der Waals surface area contributed by atoms with Crippen LogP contribution in [0.25, 0.3) is 0 Å². The predicted octanol–water partition coefficient (Wildman–Crippen LogP) is 3.06. The lowest BCUT2D eigenvalue weighted by atomic mass is 10.0. The van der Waals surface area contributed by atoms with Gasteiger partial charge >= 0.3 is 0 Å². The number of piperidine rings is 1. The smallest absolute Gasteiger partial charge is 0.219 e. The summed E-state index contributed by atoms with van der Waals surface area (Å²) in [5.41, 5.74) is 2.44. The van der Waals surface area contributed by atoms with Crippen molar-refractivity contribution in [2.75, 3.05) is 24.5 Å². The zero-order valence-corrected chi connectivity index (χ0v) is 13.1. The van der Waals surface area contributed by atoms with Crippen molar-refractivity contribution in [1.82, 2.24) is 9.88 Å². The maximum atomic E-state index is 11.7. The molecule has 4 nitrogen and oxygen atoms in total. The first-order chi connectivity index (χ1) is 10.2. The summed E-state index contributed by atoms with van der Waals surface area (Å²) < 4.78 is 0. The Balaban J connectivity index is 1.82. The number of hydrogen-bond donors (Lipinski definition) is 0. The van der Waals surface area contributed by atoms with Gasteiger partial charge in [0.15, 0.2) is 0 Å². The van der Waals surface area contributed by atoms with Crippen LogP contribution in [0.15, 0.2) is 12.3 Å². The molecule has 1 aromatic rings. The number of aryl methyl sites for hydroxylation is 1. The Morgan fingerprint density at radius 2 is 1.95 bits per heavy atom. The molecule has 4 heteroatoms. The van der Waals surface area contributed by atoms with Crippen LogP contribution < -0.4 is 4.90 Å². The third kappa shape index (κ3) is 2.89. The molecule has 2 aliphatic heterocycles. The first kappa shape index (κ1) is 14.4. The number of hydrogen-bond acceptors (Lipinski definition) is 3. The molecular weight excluding hydrogens is 262 g/mol. The average Bonchev–Trinajstić information content (AvgIpc) is 2.97. The molecule has 2 aliphatic rings. The number of nitrogens with zero attached hydrogens (tertiary/aromatic N) is 3. The normalized spacial score (nSPS) is 22.7. The van der Waals surface area contributed by atoms with Crippen LogP contribution in [-0.2, 0) is 4.79 Å². The molecule has 1 atom stereocenters. The van der Waals surface area contributed by atoms with Gasteiger partial charge in [0.2, 0.25) is 5.91 Å². The van der Waals surface area contributed by atoms with Gasteiger partial charge in [-0.2, -0.15) is 0 Å². The van der Waals surface area contributed by atoms with Crippen LogP contribution in [0.1, 0.15) is 56.2 Å². The van der Waals surface area contributed by atoms with Crippen molar-refractivity contribution in [2.45, 2.75) is 52.0 Å². The van der Waals surface area contributed by atoms with E-state index in [4.69, 9.17) is 4.98 Å². The number of anilines is 1. The molecule has 3 rings (SSSR count). The van der Waals surface area contributed by atoms with Gasteiger partial charge in [0.05, 0.1) is 6.04 Å². The molecular formula is C17H25N3O. The van der Waals surface area contributed by atoms with Crippen molar-refractivity contribution in [1.29, 1.82) is 0 Å². The van der Waals surface area contributed by atoms with Crippen LogP contribution in [0, 0.1) is 6.92 Å². The molecule has 0 unspecified atom stereocenters. The number of likely N-dealkylation sites (tertiary alicyclic amines) is 1. The molecule has 114 valence electrons. The molecule has 1 aromatic heterocycles. The Kier molecular flexibility index (Phi) is 4.13. The van der Waals surface area contributed by atoms with Gasteiger partial charge in [-0.25, -0.2) is 4.98 Å². The van der Waals surface area contributed by atoms with Crippen LogP contribution in [0.4, 0.5) is 5.82 Å². The lowest BCUT2D eigenvalue weighted by molar-refractivity contribution is -0.129. The Morgan fingerprint density at radius 3 is 2.62 bits per heavy atom. The second kappa shape index (κ2) is 6.04. The van der Waals surface area contributed by atoms with Crippen LogP contribution >= 0.6 is 0 Å². The minimum absolute atomic E-state index is 0.176. The number of aromatic nitrogens is 1. The molecule has 0 radical (unpaired) electrons. The quantitative estimate of drug-likeness (QED) is 0.839. The zero-order chi connectivity index (χ0) is 14.8. The van der Waals surface area contributed by atoms with Gasteiger partial charge in [0.1, 0.15) is 5.82 Å². The molecule has 2 saturated heterocycles. The highest BCUT2D eigenvalue weighted by Crippen LogP contribution is 2.33. The van der Waals surface area contributed by atoms with Crippen LogP contribution in [0.3, 0.4) is 0 Å². The van der Waals surface area contributed by atoms with E-state index in [9.17, 15) is 4.79 Å². The second-order valence-corrected chi connectivity index (χ2v) is 6.33. The van der Waals surface area contributed by atoms with Crippen molar-refractivity contribution < 1.29 is 4.79 Å². The topological polar surface area (TPSA) is 36.4 Å². The van der Waals surface area contributed by atoms with Gasteiger partial charge in [-0.15, -0.1) is 0 Å². The van der Waals surface area contributed by atoms with Gasteiger partial charge in [0, 0.05) is 32.8 Å². The Bertz CT molecular complexity index is 523. The summed E-state index contributed by atoms with van der Waals surface area (Å²) in [6.45, 7) is 6.94. The summed E-state index contributed by atoms with van der Waals surface area (Å²) in [7, 11) is 0. The maximum absolute atomic E-state index is 11.7. The Morgan fingerprint density at radius 1 is 1.19 bits per heavy atom. The predicted molar refractivity (Wildman–Crippen MR) is 84.4 cm³/mol. The third-order valence-corrected chi connectivity index (χ3v) is 4.77. The summed E-state index contributed by atoms with van der Waals surface area (Å²) in [5.74, 6) is 1.31. The van der Waals surface area contributed by atoms with Crippen LogP contribution in [0.2, 0.25) is 0 Å². The van der Waals surface area contributed by atoms with E-state index in [0.29, 0.717) is 0 Å². The zero-order valence-electron chi connectivity index (χ0n) is 13.1. The average molecular weight is 287 g/mol. The Hall–Kier alpha value is -1.58. The molecule has 0 spiro atoms. The van der Waals surface area contributed by atoms with E-state index in [2.05, 4.69) is 17.9 Å². The molecule has 1 amide bonds. The first-order valence-electron chi connectivity index (χ1n) is 8.15. The standard InChI is InChI=1S/C17H25N3O/c1-13-11-15(16-7-6-10-20(16)14(2)21)12-18-17(13)19-8-4-3-5-9-19/h11-12,16H,3-10H2,1-2H3/t16-/m0/s1. The SMILES string of the molecule is CC(=O)N1CCC[C@H]1c1cnc(N2CCCCC2)c(C)c1. The van der Waals surface area contributed by atoms with Crippen molar-refractivity contribution in [2.24, 2.45) is 0 Å². The fourth-order valence-electron chi connectivity index (χ4n) is 3.70. The number of pyridine rings is 1. The summed E-state index contributed by atoms with van der Waals surface area (Å²) >= 11 is 0. The molecule has 0 saturated carbocycles. The monoisotopic (exact) mass is 287 g/mol. The molecule has 0 aliphatic carbocycles. The van der Waals surface area contributed by atoms with Gasteiger partial charge in [-0.3, -0.25) is 4.79 Å². The summed E-state index contributed by atoms with van der Waals surface area (Å²) in [6.07, 6.45) is 8.01. The molecule has 0 bridgehead atoms.